The summed E-state index contributed by atoms with van der Waals surface area (Å²) in [4.78, 5) is 40.4. The number of rotatable bonds is 9. The summed E-state index contributed by atoms with van der Waals surface area (Å²) in [7, 11) is 1.33. The molecule has 0 saturated heterocycles. The Morgan fingerprint density at radius 1 is 0.791 bits per heavy atom. The van der Waals surface area contributed by atoms with E-state index in [-0.39, 0.29) is 11.8 Å². The van der Waals surface area contributed by atoms with Gasteiger partial charge in [0.05, 0.1) is 7.11 Å². The molecule has 2 amide bonds. The molecule has 2 N–H and O–H groups in total. The van der Waals surface area contributed by atoms with Crippen LogP contribution in [0, 0.1) is 13.8 Å². The Bertz CT molecular complexity index is 1750. The van der Waals surface area contributed by atoms with Crippen LogP contribution in [0.15, 0.2) is 113 Å². The quantitative estimate of drug-likeness (QED) is 0.130. The van der Waals surface area contributed by atoms with Crippen molar-refractivity contribution in [3.63, 3.8) is 0 Å². The number of thiophene rings is 1. The number of hydrogen-bond acceptors (Lipinski definition) is 6. The van der Waals surface area contributed by atoms with Crippen LogP contribution in [-0.2, 0) is 9.53 Å². The van der Waals surface area contributed by atoms with Crippen molar-refractivity contribution >= 4 is 51.6 Å². The van der Waals surface area contributed by atoms with Gasteiger partial charge in [-0.25, -0.2) is 4.79 Å². The van der Waals surface area contributed by atoms with Crippen molar-refractivity contribution in [3.8, 4) is 11.1 Å². The molecule has 0 aliphatic heterocycles. The van der Waals surface area contributed by atoms with E-state index in [4.69, 9.17) is 4.74 Å². The van der Waals surface area contributed by atoms with E-state index < -0.39 is 11.2 Å². The van der Waals surface area contributed by atoms with Crippen LogP contribution in [-0.4, -0.2) is 24.9 Å². The van der Waals surface area contributed by atoms with E-state index in [1.807, 2.05) is 110 Å². The summed E-state index contributed by atoms with van der Waals surface area (Å²) in [5, 5.41) is 7.60. The Labute approximate surface area is 259 Å². The topological polar surface area (TPSA) is 84.5 Å². The molecule has 5 rings (SSSR count). The molecule has 0 bridgehead atoms. The first-order valence-corrected chi connectivity index (χ1v) is 15.4. The molecule has 5 aromatic rings. The highest BCUT2D eigenvalue weighted by molar-refractivity contribution is 8.00. The van der Waals surface area contributed by atoms with Gasteiger partial charge in [-0.15, -0.1) is 23.1 Å². The molecule has 0 spiro atoms. The summed E-state index contributed by atoms with van der Waals surface area (Å²) in [6.07, 6.45) is 0. The minimum absolute atomic E-state index is 0.211. The number of ether oxygens (including phenoxy) is 1. The lowest BCUT2D eigenvalue weighted by molar-refractivity contribution is -0.115. The fraction of sp³-hybridized carbons (Fsp3) is 0.114. The zero-order valence-corrected chi connectivity index (χ0v) is 25.6. The average Bonchev–Trinajstić information content (AvgIpc) is 3.44. The summed E-state index contributed by atoms with van der Waals surface area (Å²) in [5.74, 6) is -1.02. The van der Waals surface area contributed by atoms with Crippen LogP contribution in [0.1, 0.15) is 42.7 Å². The number of methoxy groups -OCH3 is 1. The minimum Gasteiger partial charge on any atom is -0.465 e. The third-order valence-corrected chi connectivity index (χ3v) is 8.92. The molecule has 0 radical (unpaired) electrons. The SMILES string of the molecule is COC(=O)c1c(-c2ccc(C)cc2)csc1NC(=O)C(Sc1cccc(NC(=O)c2ccc(C)cc2)c1)c1ccccc1. The zero-order chi connectivity index (χ0) is 30.3. The van der Waals surface area contributed by atoms with E-state index >= 15 is 0 Å². The molecule has 1 heterocycles. The predicted molar refractivity (Wildman–Crippen MR) is 175 cm³/mol. The Balaban J connectivity index is 1.41. The molecule has 216 valence electrons. The van der Waals surface area contributed by atoms with Crippen molar-refractivity contribution < 1.29 is 19.1 Å². The molecule has 0 aliphatic carbocycles. The number of anilines is 2. The van der Waals surface area contributed by atoms with Gasteiger partial charge in [-0.1, -0.05) is 83.9 Å². The molecule has 8 heteroatoms. The largest absolute Gasteiger partial charge is 0.465 e. The number of aryl methyl sites for hydroxylation is 2. The van der Waals surface area contributed by atoms with Gasteiger partial charge in [-0.05, 0) is 55.3 Å². The maximum Gasteiger partial charge on any atom is 0.341 e. The number of hydrogen-bond donors (Lipinski definition) is 2. The van der Waals surface area contributed by atoms with E-state index in [1.54, 1.807) is 12.1 Å². The Hall–Kier alpha value is -4.66. The van der Waals surface area contributed by atoms with E-state index in [9.17, 15) is 14.4 Å². The number of benzene rings is 4. The molecule has 1 atom stereocenters. The van der Waals surface area contributed by atoms with Gasteiger partial charge < -0.3 is 15.4 Å². The van der Waals surface area contributed by atoms with Gasteiger partial charge in [0.15, 0.2) is 0 Å². The van der Waals surface area contributed by atoms with E-state index in [0.717, 1.165) is 27.1 Å². The summed E-state index contributed by atoms with van der Waals surface area (Å²) in [6.45, 7) is 3.97. The van der Waals surface area contributed by atoms with Crippen LogP contribution < -0.4 is 10.6 Å². The third kappa shape index (κ3) is 7.23. The van der Waals surface area contributed by atoms with Gasteiger partial charge in [0.25, 0.3) is 5.91 Å². The van der Waals surface area contributed by atoms with Crippen molar-refractivity contribution in [2.45, 2.75) is 24.0 Å². The highest BCUT2D eigenvalue weighted by Gasteiger charge is 2.27. The fourth-order valence-electron chi connectivity index (χ4n) is 4.47. The number of carbonyl (C=O) groups excluding carboxylic acids is 3. The van der Waals surface area contributed by atoms with Gasteiger partial charge in [-0.2, -0.15) is 0 Å². The van der Waals surface area contributed by atoms with Crippen LogP contribution in [0.4, 0.5) is 10.7 Å². The lowest BCUT2D eigenvalue weighted by atomic mass is 10.0. The van der Waals surface area contributed by atoms with E-state index in [1.165, 1.54) is 30.2 Å². The summed E-state index contributed by atoms with van der Waals surface area (Å²) >= 11 is 2.64. The van der Waals surface area contributed by atoms with Crippen molar-refractivity contribution in [2.24, 2.45) is 0 Å². The predicted octanol–water partition coefficient (Wildman–Crippen LogP) is 8.54. The molecule has 4 aromatic carbocycles. The minimum atomic E-state index is -0.639. The molecule has 0 fully saturated rings. The summed E-state index contributed by atoms with van der Waals surface area (Å²) in [6, 6.07) is 32.1. The first kappa shape index (κ1) is 29.8. The van der Waals surface area contributed by atoms with Crippen LogP contribution in [0.2, 0.25) is 0 Å². The van der Waals surface area contributed by atoms with Crippen molar-refractivity contribution in [3.05, 3.63) is 136 Å². The van der Waals surface area contributed by atoms with Crippen molar-refractivity contribution in [1.82, 2.24) is 0 Å². The van der Waals surface area contributed by atoms with Gasteiger partial charge in [-0.3, -0.25) is 9.59 Å². The molecule has 0 aliphatic rings. The number of amides is 2. The van der Waals surface area contributed by atoms with Crippen molar-refractivity contribution in [1.29, 1.82) is 0 Å². The maximum absolute atomic E-state index is 13.9. The van der Waals surface area contributed by atoms with E-state index in [0.29, 0.717) is 27.4 Å². The van der Waals surface area contributed by atoms with Gasteiger partial charge in [0.1, 0.15) is 15.8 Å². The second-order valence-electron chi connectivity index (χ2n) is 9.96. The summed E-state index contributed by atoms with van der Waals surface area (Å²) in [5.41, 5.74) is 6.05. The summed E-state index contributed by atoms with van der Waals surface area (Å²) < 4.78 is 5.10. The fourth-order valence-corrected chi connectivity index (χ4v) is 6.51. The van der Waals surface area contributed by atoms with E-state index in [2.05, 4.69) is 10.6 Å². The highest BCUT2D eigenvalue weighted by Crippen LogP contribution is 2.40. The Morgan fingerprint density at radius 2 is 1.47 bits per heavy atom. The first-order valence-electron chi connectivity index (χ1n) is 13.6. The molecule has 1 aromatic heterocycles. The van der Waals surface area contributed by atoms with Gasteiger partial charge in [0.2, 0.25) is 5.91 Å². The normalized spacial score (nSPS) is 11.4. The smallest absolute Gasteiger partial charge is 0.341 e. The standard InChI is InChI=1S/C35H30N2O4S2/c1-22-12-16-24(17-13-22)29-21-42-34(30(29)35(40)41-3)37-33(39)31(25-8-5-4-6-9-25)43-28-11-7-10-27(20-28)36-32(38)26-18-14-23(2)15-19-26/h4-21,31H,1-3H3,(H,36,38)(H,37,39). The molecule has 6 nitrogen and oxygen atoms in total. The van der Waals surface area contributed by atoms with Crippen molar-refractivity contribution in [2.75, 3.05) is 17.7 Å². The highest BCUT2D eigenvalue weighted by atomic mass is 32.2. The number of carbonyl (C=O) groups is 3. The first-order chi connectivity index (χ1) is 20.8. The molecular weight excluding hydrogens is 577 g/mol. The lowest BCUT2D eigenvalue weighted by Crippen LogP contribution is -2.20. The zero-order valence-electron chi connectivity index (χ0n) is 23.9. The van der Waals surface area contributed by atoms with Gasteiger partial charge >= 0.3 is 5.97 Å². The monoisotopic (exact) mass is 606 g/mol. The number of esters is 1. The van der Waals surface area contributed by atoms with Crippen LogP contribution in [0.5, 0.6) is 0 Å². The second kappa shape index (κ2) is 13.5. The molecule has 43 heavy (non-hydrogen) atoms. The maximum atomic E-state index is 13.9. The molecular formula is C35H30N2O4S2. The lowest BCUT2D eigenvalue weighted by Gasteiger charge is -2.18. The number of thioether (sulfide) groups is 1. The van der Waals surface area contributed by atoms with Crippen LogP contribution in [0.25, 0.3) is 11.1 Å². The van der Waals surface area contributed by atoms with Crippen LogP contribution >= 0.6 is 23.1 Å². The third-order valence-electron chi connectivity index (χ3n) is 6.78. The molecule has 0 saturated carbocycles. The van der Waals surface area contributed by atoms with Gasteiger partial charge in [0, 0.05) is 27.1 Å². The second-order valence-corrected chi connectivity index (χ2v) is 12.0. The van der Waals surface area contributed by atoms with Crippen LogP contribution in [0.3, 0.4) is 0 Å². The number of nitrogens with one attached hydrogen (secondary N) is 2. The molecule has 1 unspecified atom stereocenters. The Kier molecular flexibility index (Phi) is 9.39. The average molecular weight is 607 g/mol. The Morgan fingerprint density at radius 3 is 2.14 bits per heavy atom.